The largest absolute Gasteiger partial charge is 0.497 e. The first-order valence-electron chi connectivity index (χ1n) is 11.6. The number of methoxy groups -OCH3 is 1. The number of ether oxygens (including phenoxy) is 4. The van der Waals surface area contributed by atoms with Gasteiger partial charge in [-0.2, -0.15) is 15.1 Å². The van der Waals surface area contributed by atoms with Crippen molar-refractivity contribution in [1.82, 2.24) is 5.01 Å². The Labute approximate surface area is 214 Å². The summed E-state index contributed by atoms with van der Waals surface area (Å²) in [5, 5.41) is 15.6. The van der Waals surface area contributed by atoms with Crippen molar-refractivity contribution in [3.63, 3.8) is 0 Å². The van der Waals surface area contributed by atoms with E-state index in [0.717, 1.165) is 16.5 Å². The van der Waals surface area contributed by atoms with E-state index >= 15 is 0 Å². The van der Waals surface area contributed by atoms with Gasteiger partial charge in [0, 0.05) is 5.92 Å². The number of hydrogen-bond donors (Lipinski definition) is 1. The van der Waals surface area contributed by atoms with Crippen molar-refractivity contribution >= 4 is 39.8 Å². The molecule has 2 aromatic rings. The van der Waals surface area contributed by atoms with Crippen molar-refractivity contribution in [2.24, 2.45) is 16.0 Å². The van der Waals surface area contributed by atoms with Gasteiger partial charge in [-0.3, -0.25) is 10.2 Å². The van der Waals surface area contributed by atoms with Gasteiger partial charge in [0.1, 0.15) is 29.8 Å². The second-order valence-electron chi connectivity index (χ2n) is 8.12. The maximum atomic E-state index is 12.7. The fourth-order valence-electron chi connectivity index (χ4n) is 3.39. The van der Waals surface area contributed by atoms with Crippen LogP contribution in [0.25, 0.3) is 6.08 Å². The smallest absolute Gasteiger partial charge is 0.283 e. The first kappa shape index (κ1) is 25.3. The number of hydrogen-bond acceptors (Lipinski definition) is 8. The number of rotatable bonds is 10. The molecular weight excluding hydrogens is 480 g/mol. The van der Waals surface area contributed by atoms with Gasteiger partial charge in [-0.1, -0.05) is 19.9 Å². The summed E-state index contributed by atoms with van der Waals surface area (Å²) in [7, 11) is 1.62. The number of hydrazone groups is 1. The van der Waals surface area contributed by atoms with E-state index in [4.69, 9.17) is 24.4 Å². The predicted octanol–water partition coefficient (Wildman–Crippen LogP) is 4.83. The molecule has 10 heteroatoms. The number of carbonyl (C=O) groups is 1. The molecule has 0 aliphatic carbocycles. The lowest BCUT2D eigenvalue weighted by Crippen LogP contribution is -2.35. The summed E-state index contributed by atoms with van der Waals surface area (Å²) >= 11 is 1.32. The van der Waals surface area contributed by atoms with Crippen LogP contribution in [0.15, 0.2) is 58.1 Å². The summed E-state index contributed by atoms with van der Waals surface area (Å²) < 4.78 is 22.5. The Morgan fingerprint density at radius 2 is 1.75 bits per heavy atom. The van der Waals surface area contributed by atoms with E-state index < -0.39 is 5.91 Å². The molecule has 0 fully saturated rings. The van der Waals surface area contributed by atoms with Crippen LogP contribution in [-0.4, -0.2) is 53.9 Å². The molecule has 9 nitrogen and oxygen atoms in total. The Morgan fingerprint density at radius 1 is 1.03 bits per heavy atom. The highest BCUT2D eigenvalue weighted by Crippen LogP contribution is 2.33. The van der Waals surface area contributed by atoms with E-state index in [2.05, 4.69) is 10.1 Å². The van der Waals surface area contributed by atoms with Crippen LogP contribution in [0.3, 0.4) is 0 Å². The molecule has 1 N–H and O–H groups in total. The van der Waals surface area contributed by atoms with Crippen LogP contribution in [0, 0.1) is 11.3 Å². The van der Waals surface area contributed by atoms with E-state index in [-0.39, 0.29) is 17.3 Å². The Bertz CT molecular complexity index is 1240. The summed E-state index contributed by atoms with van der Waals surface area (Å²) in [6.07, 6.45) is 1.62. The van der Waals surface area contributed by atoms with Crippen LogP contribution in [0.4, 0.5) is 0 Å². The molecule has 0 saturated heterocycles. The fraction of sp³-hybridized carbons (Fsp3) is 0.308. The van der Waals surface area contributed by atoms with E-state index in [1.807, 2.05) is 45.0 Å². The van der Waals surface area contributed by atoms with Gasteiger partial charge < -0.3 is 18.9 Å². The molecular formula is C26H28N4O5S. The summed E-state index contributed by atoms with van der Waals surface area (Å²) in [4.78, 5) is 16.8. The summed E-state index contributed by atoms with van der Waals surface area (Å²) in [6, 6.07) is 12.7. The lowest BCUT2D eigenvalue weighted by molar-refractivity contribution is -0.114. The maximum absolute atomic E-state index is 12.7. The molecule has 0 aromatic heterocycles. The van der Waals surface area contributed by atoms with Crippen LogP contribution < -0.4 is 18.9 Å². The zero-order valence-electron chi connectivity index (χ0n) is 20.6. The van der Waals surface area contributed by atoms with Gasteiger partial charge in [-0.15, -0.1) is 0 Å². The van der Waals surface area contributed by atoms with Crippen LogP contribution in [0.2, 0.25) is 0 Å². The minimum Gasteiger partial charge on any atom is -0.497 e. The van der Waals surface area contributed by atoms with Crippen molar-refractivity contribution in [3.05, 3.63) is 53.6 Å². The monoisotopic (exact) mass is 508 g/mol. The number of carbonyl (C=O) groups excluding carboxylic acids is 1. The fourth-order valence-corrected chi connectivity index (χ4v) is 4.28. The first-order valence-corrected chi connectivity index (χ1v) is 12.4. The van der Waals surface area contributed by atoms with Gasteiger partial charge in [0.15, 0.2) is 17.3 Å². The third kappa shape index (κ3) is 5.71. The molecule has 36 heavy (non-hydrogen) atoms. The third-order valence-corrected chi connectivity index (χ3v) is 6.42. The van der Waals surface area contributed by atoms with Crippen LogP contribution in [0.1, 0.15) is 26.3 Å². The molecule has 188 valence electrons. The Kier molecular flexibility index (Phi) is 7.94. The molecule has 0 saturated carbocycles. The zero-order valence-corrected chi connectivity index (χ0v) is 21.4. The average Bonchev–Trinajstić information content (AvgIpc) is 3.30. The molecule has 2 aliphatic rings. The summed E-state index contributed by atoms with van der Waals surface area (Å²) in [5.41, 5.74) is 0.851. The molecule has 1 amide bonds. The van der Waals surface area contributed by atoms with Gasteiger partial charge in [0.05, 0.1) is 19.3 Å². The number of amidine groups is 2. The number of thioether (sulfide) groups is 1. The van der Waals surface area contributed by atoms with E-state index in [9.17, 15) is 4.79 Å². The topological polar surface area (TPSA) is 106 Å². The number of amides is 1. The summed E-state index contributed by atoms with van der Waals surface area (Å²) in [6.45, 7) is 7.01. The minimum absolute atomic E-state index is 0.00196. The standard InChI is InChI=1S/C26H28N4O5S/c1-5-33-22-15-17(6-11-21(22)35-13-12-34-19-9-7-18(32-4)8-10-19)14-20-23(27)30-26(28-24(20)31)36-25(29-30)16(2)3/h6-11,14-16,27H,5,12-13H2,1-4H3/b20-14+,27-23?. The predicted molar refractivity (Wildman–Crippen MR) is 141 cm³/mol. The molecule has 0 bridgehead atoms. The number of nitrogens with one attached hydrogen (secondary N) is 1. The van der Waals surface area contributed by atoms with Crippen molar-refractivity contribution in [2.45, 2.75) is 20.8 Å². The Hall–Kier alpha value is -3.79. The van der Waals surface area contributed by atoms with E-state index in [0.29, 0.717) is 42.1 Å². The molecule has 2 aliphatic heterocycles. The quantitative estimate of drug-likeness (QED) is 0.362. The Morgan fingerprint density at radius 3 is 2.44 bits per heavy atom. The molecule has 2 heterocycles. The van der Waals surface area contributed by atoms with Gasteiger partial charge in [-0.25, -0.2) is 0 Å². The third-order valence-electron chi connectivity index (χ3n) is 5.21. The normalized spacial score (nSPS) is 16.1. The summed E-state index contributed by atoms with van der Waals surface area (Å²) in [5.74, 6) is 2.30. The highest BCUT2D eigenvalue weighted by molar-refractivity contribution is 8.27. The second-order valence-corrected chi connectivity index (χ2v) is 9.11. The highest BCUT2D eigenvalue weighted by atomic mass is 32.2. The van der Waals surface area contributed by atoms with Crippen molar-refractivity contribution in [3.8, 4) is 23.0 Å². The molecule has 4 rings (SSSR count). The number of benzene rings is 2. The Balaban J connectivity index is 1.44. The number of aliphatic imine (C=N–C) groups is 1. The lowest BCUT2D eigenvalue weighted by Gasteiger charge is -2.20. The average molecular weight is 509 g/mol. The maximum Gasteiger partial charge on any atom is 0.283 e. The van der Waals surface area contributed by atoms with Crippen LogP contribution in [0.5, 0.6) is 23.0 Å². The molecule has 2 aromatic carbocycles. The zero-order chi connectivity index (χ0) is 25.7. The first-order chi connectivity index (χ1) is 17.4. The second kappa shape index (κ2) is 11.3. The lowest BCUT2D eigenvalue weighted by atomic mass is 10.1. The molecule has 0 unspecified atom stereocenters. The van der Waals surface area contributed by atoms with Crippen molar-refractivity contribution in [1.29, 1.82) is 5.41 Å². The van der Waals surface area contributed by atoms with Gasteiger partial charge in [-0.05, 0) is 66.7 Å². The minimum atomic E-state index is -0.465. The number of nitrogens with zero attached hydrogens (tertiary/aromatic N) is 3. The van der Waals surface area contributed by atoms with Crippen LogP contribution >= 0.6 is 11.8 Å². The van der Waals surface area contributed by atoms with E-state index in [1.165, 1.54) is 16.8 Å². The van der Waals surface area contributed by atoms with Crippen LogP contribution in [-0.2, 0) is 4.79 Å². The molecule has 0 spiro atoms. The van der Waals surface area contributed by atoms with Gasteiger partial charge >= 0.3 is 0 Å². The molecule has 0 radical (unpaired) electrons. The van der Waals surface area contributed by atoms with Crippen molar-refractivity contribution in [2.75, 3.05) is 26.9 Å². The van der Waals surface area contributed by atoms with Crippen molar-refractivity contribution < 1.29 is 23.7 Å². The van der Waals surface area contributed by atoms with E-state index in [1.54, 1.807) is 31.4 Å². The van der Waals surface area contributed by atoms with Gasteiger partial charge in [0.2, 0.25) is 5.17 Å². The molecule has 0 atom stereocenters. The van der Waals surface area contributed by atoms with Gasteiger partial charge in [0.25, 0.3) is 5.91 Å². The SMILES string of the molecule is CCOc1cc(/C=C2\C(=N)N3N=C(C(C)C)SC3=NC2=O)ccc1OCCOc1ccc(OC)cc1. The number of fused-ring (bicyclic) bond motifs is 1. The highest BCUT2D eigenvalue weighted by Gasteiger charge is 2.36.